The molecule has 46 atom stereocenters. The summed E-state index contributed by atoms with van der Waals surface area (Å²) in [4.78, 5) is 40.3. The number of carbonyl (C=O) groups excluding carboxylic acids is 2. The molecule has 2 amide bonds. The topological polar surface area (TPSA) is 738 Å². The van der Waals surface area contributed by atoms with E-state index < -0.39 is 339 Å². The van der Waals surface area contributed by atoms with E-state index in [1.807, 2.05) is 0 Å². The summed E-state index contributed by atoms with van der Waals surface area (Å²) in [6.07, 6.45) is -89.5. The average molecular weight is 1580 g/mol. The number of nitrogens with one attached hydrogen (secondary N) is 2. The lowest BCUT2D eigenvalue weighted by atomic mass is 9.89. The van der Waals surface area contributed by atoms with Crippen LogP contribution in [0.2, 0.25) is 0 Å². The minimum absolute atomic E-state index is 0.921. The van der Waals surface area contributed by atoms with Crippen molar-refractivity contribution in [3.63, 3.8) is 0 Å². The first-order valence-corrected chi connectivity index (χ1v) is 34.7. The lowest BCUT2D eigenvalue weighted by Crippen LogP contribution is -2.71. The number of rotatable bonds is 26. The van der Waals surface area contributed by atoms with E-state index in [1.54, 1.807) is 0 Å². The van der Waals surface area contributed by atoms with Crippen LogP contribution in [-0.2, 0) is 94.9 Å². The van der Waals surface area contributed by atoms with Crippen molar-refractivity contribution >= 4 is 17.8 Å². The fraction of sp³-hybridized carbons (Fsp3) is 0.951. The van der Waals surface area contributed by atoms with Gasteiger partial charge in [-0.2, -0.15) is 0 Å². The zero-order valence-electron chi connectivity index (χ0n) is 58.6. The second kappa shape index (κ2) is 37.1. The highest BCUT2D eigenvalue weighted by atomic mass is 16.8. The molecule has 9 aliphatic heterocycles. The second-order valence-corrected chi connectivity index (χ2v) is 28.1. The Bertz CT molecular complexity index is 2880. The van der Waals surface area contributed by atoms with Gasteiger partial charge in [0.05, 0.1) is 63.6 Å². The highest BCUT2D eigenvalue weighted by Crippen LogP contribution is 2.44. The van der Waals surface area contributed by atoms with E-state index in [2.05, 4.69) is 10.6 Å². The molecule has 0 aromatic carbocycles. The average Bonchev–Trinajstić information content (AvgIpc) is 0.749. The Balaban J connectivity index is 1.02. The van der Waals surface area contributed by atoms with E-state index in [1.165, 1.54) is 27.7 Å². The first kappa shape index (κ1) is 88.7. The minimum Gasteiger partial charge on any atom is -0.477 e. The van der Waals surface area contributed by atoms with Crippen LogP contribution in [0.3, 0.4) is 0 Å². The van der Waals surface area contributed by atoms with Gasteiger partial charge in [0.1, 0.15) is 195 Å². The Morgan fingerprint density at radius 2 is 0.796 bits per heavy atom. The zero-order chi connectivity index (χ0) is 79.9. The van der Waals surface area contributed by atoms with Crippen molar-refractivity contribution < 1.29 is 223 Å². The first-order valence-electron chi connectivity index (χ1n) is 34.7. The van der Waals surface area contributed by atoms with Crippen LogP contribution in [0.25, 0.3) is 0 Å². The van der Waals surface area contributed by atoms with Crippen molar-refractivity contribution in [1.82, 2.24) is 10.6 Å². The van der Waals surface area contributed by atoms with Crippen LogP contribution in [0.1, 0.15) is 48.0 Å². The molecular formula is C61H102N2O45. The maximum atomic E-state index is 14.0. The van der Waals surface area contributed by atoms with Crippen LogP contribution < -0.4 is 10.6 Å². The molecule has 0 aromatic rings. The molecule has 27 N–H and O–H groups in total. The molecule has 626 valence electrons. The maximum absolute atomic E-state index is 14.0. The number of carboxylic acids is 1. The smallest absolute Gasteiger partial charge is 0.364 e. The van der Waals surface area contributed by atoms with Gasteiger partial charge in [0.25, 0.3) is 5.79 Å². The van der Waals surface area contributed by atoms with Crippen LogP contribution in [0.15, 0.2) is 0 Å². The molecule has 9 fully saturated rings. The molecule has 9 saturated heterocycles. The van der Waals surface area contributed by atoms with E-state index in [0.29, 0.717) is 0 Å². The molecule has 9 heterocycles. The molecule has 9 rings (SSSR count). The van der Waals surface area contributed by atoms with Gasteiger partial charge in [-0.25, -0.2) is 4.79 Å². The Kier molecular flexibility index (Phi) is 30.5. The second-order valence-electron chi connectivity index (χ2n) is 28.1. The quantitative estimate of drug-likeness (QED) is 0.0382. The third-order valence-electron chi connectivity index (χ3n) is 20.4. The Morgan fingerprint density at radius 1 is 0.398 bits per heavy atom. The van der Waals surface area contributed by atoms with Gasteiger partial charge in [-0.05, 0) is 27.7 Å². The van der Waals surface area contributed by atoms with Gasteiger partial charge in [0, 0.05) is 20.3 Å². The molecule has 0 spiro atoms. The summed E-state index contributed by atoms with van der Waals surface area (Å²) in [5.74, 6) is -7.72. The zero-order valence-corrected chi connectivity index (χ0v) is 58.6. The molecule has 47 nitrogen and oxygen atoms in total. The number of hydrogen-bond acceptors (Lipinski definition) is 44. The predicted molar refractivity (Wildman–Crippen MR) is 332 cm³/mol. The molecule has 0 bridgehead atoms. The lowest BCUT2D eigenvalue weighted by molar-refractivity contribution is -0.408. The van der Waals surface area contributed by atoms with Gasteiger partial charge in [-0.3, -0.25) is 9.59 Å². The highest BCUT2D eigenvalue weighted by Gasteiger charge is 2.64. The van der Waals surface area contributed by atoms with Crippen LogP contribution in [0, 0.1) is 0 Å². The Labute approximate surface area is 612 Å². The molecular weight excluding hydrogens is 1480 g/mol. The number of carboxylic acid groups (broad SMARTS) is 1. The minimum atomic E-state index is -3.54. The molecule has 0 aliphatic carbocycles. The predicted octanol–water partition coefficient (Wildman–Crippen LogP) is -17.0. The lowest BCUT2D eigenvalue weighted by Gasteiger charge is -2.52. The summed E-state index contributed by atoms with van der Waals surface area (Å²) in [5.41, 5.74) is 0. The third-order valence-corrected chi connectivity index (χ3v) is 20.4. The van der Waals surface area contributed by atoms with Crippen molar-refractivity contribution in [3.8, 4) is 0 Å². The fourth-order valence-electron chi connectivity index (χ4n) is 14.1. The van der Waals surface area contributed by atoms with Gasteiger partial charge >= 0.3 is 5.97 Å². The van der Waals surface area contributed by atoms with Crippen molar-refractivity contribution in [3.05, 3.63) is 0 Å². The summed E-state index contributed by atoms with van der Waals surface area (Å²) in [6, 6.07) is -3.87. The van der Waals surface area contributed by atoms with E-state index in [-0.39, 0.29) is 0 Å². The standard InChI is InChI=1S/C61H102N2O45/c1-13-27(71)35(79)40(84)54(93-13)98-20-7-61(60(90)91,108-50(31(75)19(70)8-64)45(20)102-55-41(85)36(80)28(72)14(2)94-55)107-49-33(77)22(10-66)99-58(44(49)88)104-47-25(62-17(5)68)52(89)97-24(34(47)78)12-92-53-26(63-18(6)69)48(105-56-42(86)37(81)29(73)15(3)95-56)46(23(11-67)101-53)103-59-51(39(83)32(76)21(9-65)100-59)106-57-43(87)38(82)30(74)16(4)96-57/h13-16,19-59,64-67,70-89H,7-12H2,1-6H3,(H,62,68)(H,63,69)(H,90,91)/t13-,14-,15-,16-,19+,20-,21+,22+,23+,24+,25+,26+,27+,28+,29+,30+,31+,32-,33-,34-,35+,36+,37+,38+,39-,40-,41-,42-,43-,44+,45+,46+,47+,48+,49-,50-,51+,52?,53+,54-,55-,56-,57-,58-,59-,61+/m0/s1. The molecule has 0 radical (unpaired) electrons. The number of aliphatic hydroxyl groups excluding tert-OH is 24. The van der Waals surface area contributed by atoms with Crippen LogP contribution in [-0.4, -0.2) is 460 Å². The van der Waals surface area contributed by atoms with Gasteiger partial charge in [-0.15, -0.1) is 0 Å². The largest absolute Gasteiger partial charge is 0.477 e. The first-order chi connectivity index (χ1) is 50.7. The van der Waals surface area contributed by atoms with Gasteiger partial charge in [-0.1, -0.05) is 0 Å². The summed E-state index contributed by atoms with van der Waals surface area (Å²) in [6.45, 7) is 0.924. The number of ether oxygens (including phenoxy) is 17. The number of hydrogen-bond donors (Lipinski definition) is 27. The van der Waals surface area contributed by atoms with Crippen LogP contribution in [0.4, 0.5) is 0 Å². The van der Waals surface area contributed by atoms with E-state index >= 15 is 0 Å². The monoisotopic (exact) mass is 1580 g/mol. The van der Waals surface area contributed by atoms with Crippen molar-refractivity contribution in [2.24, 2.45) is 0 Å². The van der Waals surface area contributed by atoms with Gasteiger partial charge < -0.3 is 219 Å². The molecule has 0 saturated carbocycles. The van der Waals surface area contributed by atoms with Gasteiger partial charge in [0.2, 0.25) is 11.8 Å². The fourth-order valence-corrected chi connectivity index (χ4v) is 14.1. The number of aliphatic hydroxyl groups is 24. The maximum Gasteiger partial charge on any atom is 0.364 e. The van der Waals surface area contributed by atoms with Crippen molar-refractivity contribution in [2.75, 3.05) is 33.0 Å². The third kappa shape index (κ3) is 18.7. The normalized spacial score (nSPS) is 51.0. The number of aliphatic carboxylic acids is 1. The summed E-state index contributed by atoms with van der Waals surface area (Å²) in [5, 5.41) is 282. The van der Waals surface area contributed by atoms with E-state index in [0.717, 1.165) is 13.8 Å². The van der Waals surface area contributed by atoms with Crippen LogP contribution in [0.5, 0.6) is 0 Å². The molecule has 0 aromatic heterocycles. The van der Waals surface area contributed by atoms with Gasteiger partial charge in [0.15, 0.2) is 50.3 Å². The summed E-state index contributed by atoms with van der Waals surface area (Å²) >= 11 is 0. The Hall–Kier alpha value is -3.23. The summed E-state index contributed by atoms with van der Waals surface area (Å²) in [7, 11) is 0. The Morgan fingerprint density at radius 3 is 1.26 bits per heavy atom. The van der Waals surface area contributed by atoms with E-state index in [9.17, 15) is 142 Å². The molecule has 9 aliphatic rings. The number of amides is 2. The van der Waals surface area contributed by atoms with Crippen LogP contribution >= 0.6 is 0 Å². The highest BCUT2D eigenvalue weighted by molar-refractivity contribution is 5.76. The molecule has 1 unspecified atom stereocenters. The summed E-state index contributed by atoms with van der Waals surface area (Å²) < 4.78 is 101. The van der Waals surface area contributed by atoms with Crippen molar-refractivity contribution in [1.29, 1.82) is 0 Å². The molecule has 47 heteroatoms. The van der Waals surface area contributed by atoms with Crippen molar-refractivity contribution in [2.45, 2.75) is 330 Å². The SMILES string of the molecule is CC(=O)N[C@H]1[C@H](OC[C@H]2OC(O)[C@H](NC(C)=O)[C@@H](O[C@@H]3O[C@H](CO)[C@H](O)[C@H](O[C@]4(C(=O)O)C[C@H](O[C@@H]5O[C@@H](C)[C@@H](O)[C@@H](O)[C@@H]5O)[C@@H](O[C@@H]5O[C@@H](C)[C@@H](O)[C@@H](O)[C@@H]5O)[C@H]([C@H](O)[C@H](O)CO)O4)[C@H]3O)[C@H]2O)O[C@H](CO)[C@@H](O[C@@H]2O[C@H](CO)[C@H](O)[C@H](O)[C@H]2O[C@@H]2O[C@@H](C)[C@@H](O)[C@@H](O)[C@@H]2O)[C@@H]1O[C@@H]1O[C@@H](C)[C@@H](O)[C@@H](O)[C@@H]1O. The van der Waals surface area contributed by atoms with E-state index in [4.69, 9.17) is 80.5 Å². The molecule has 108 heavy (non-hydrogen) atoms. The number of carbonyl (C=O) groups is 3.